The number of aliphatic hydroxyl groups excluding tert-OH is 1. The Kier molecular flexibility index (Phi) is 7.12. The molecule has 1 rings (SSSR count). The summed E-state index contributed by atoms with van der Waals surface area (Å²) in [5, 5.41) is 21.6. The summed E-state index contributed by atoms with van der Waals surface area (Å²) in [5.41, 5.74) is -2.65. The highest BCUT2D eigenvalue weighted by molar-refractivity contribution is 6.26. The van der Waals surface area contributed by atoms with Crippen LogP contribution in [-0.4, -0.2) is 33.2 Å². The third kappa shape index (κ3) is 4.38. The largest absolute Gasteiger partial charge is 0.508 e. The molecule has 2 N–H and O–H groups in total. The van der Waals surface area contributed by atoms with Gasteiger partial charge < -0.3 is 10.2 Å². The second-order valence-electron chi connectivity index (χ2n) is 8.25. The molecular formula is C20H32O5. The second-order valence-corrected chi connectivity index (χ2v) is 8.25. The summed E-state index contributed by atoms with van der Waals surface area (Å²) in [6.45, 7) is 11.1. The van der Waals surface area contributed by atoms with E-state index in [-0.39, 0.29) is 30.3 Å². The number of aliphatic hydroxyl groups is 2. The van der Waals surface area contributed by atoms with Crippen molar-refractivity contribution in [3.63, 3.8) is 0 Å². The van der Waals surface area contributed by atoms with Gasteiger partial charge in [0.15, 0.2) is 23.0 Å². The first kappa shape index (κ1) is 21.6. The van der Waals surface area contributed by atoms with E-state index in [4.69, 9.17) is 0 Å². The van der Waals surface area contributed by atoms with E-state index in [1.54, 1.807) is 13.8 Å². The van der Waals surface area contributed by atoms with Crippen molar-refractivity contribution in [1.29, 1.82) is 0 Å². The van der Waals surface area contributed by atoms with Crippen LogP contribution < -0.4 is 0 Å². The Morgan fingerprint density at radius 2 is 1.56 bits per heavy atom. The molecule has 0 heterocycles. The Labute approximate surface area is 150 Å². The molecule has 0 radical (unpaired) electrons. The predicted molar refractivity (Wildman–Crippen MR) is 96.1 cm³/mol. The van der Waals surface area contributed by atoms with E-state index in [9.17, 15) is 24.6 Å². The van der Waals surface area contributed by atoms with E-state index in [2.05, 4.69) is 0 Å². The minimum absolute atomic E-state index is 0.0623. The van der Waals surface area contributed by atoms with Gasteiger partial charge in [-0.1, -0.05) is 48.0 Å². The number of rotatable bonds is 9. The molecule has 2 atom stereocenters. The van der Waals surface area contributed by atoms with E-state index in [0.29, 0.717) is 12.8 Å². The summed E-state index contributed by atoms with van der Waals surface area (Å²) >= 11 is 0. The molecule has 0 amide bonds. The normalized spacial score (nSPS) is 24.1. The lowest BCUT2D eigenvalue weighted by Gasteiger charge is -2.28. The van der Waals surface area contributed by atoms with Crippen LogP contribution >= 0.6 is 0 Å². The number of carbonyl (C=O) groups is 3. The maximum Gasteiger partial charge on any atom is 0.190 e. The average molecular weight is 352 g/mol. The molecule has 0 saturated heterocycles. The van der Waals surface area contributed by atoms with Crippen LogP contribution in [-0.2, 0) is 14.4 Å². The Balaban J connectivity index is 3.30. The maximum absolute atomic E-state index is 12.8. The van der Waals surface area contributed by atoms with Crippen molar-refractivity contribution in [1.82, 2.24) is 0 Å². The van der Waals surface area contributed by atoms with Gasteiger partial charge in [-0.05, 0) is 24.7 Å². The quantitative estimate of drug-likeness (QED) is 0.621. The molecule has 5 nitrogen and oxygen atoms in total. The van der Waals surface area contributed by atoms with Crippen molar-refractivity contribution in [2.75, 3.05) is 0 Å². The molecule has 0 bridgehead atoms. The second kappa shape index (κ2) is 8.26. The van der Waals surface area contributed by atoms with Crippen molar-refractivity contribution >= 4 is 17.3 Å². The molecular weight excluding hydrogens is 320 g/mol. The van der Waals surface area contributed by atoms with Gasteiger partial charge in [0.25, 0.3) is 0 Å². The van der Waals surface area contributed by atoms with Gasteiger partial charge in [0, 0.05) is 12.3 Å². The maximum atomic E-state index is 12.8. The van der Waals surface area contributed by atoms with Crippen molar-refractivity contribution in [2.24, 2.45) is 23.7 Å². The van der Waals surface area contributed by atoms with Gasteiger partial charge in [-0.3, -0.25) is 14.4 Å². The predicted octanol–water partition coefficient (Wildman–Crippen LogP) is 3.40. The molecule has 0 aliphatic heterocycles. The number of ketones is 3. The van der Waals surface area contributed by atoms with Gasteiger partial charge in [-0.2, -0.15) is 0 Å². The van der Waals surface area contributed by atoms with Crippen LogP contribution in [0, 0.1) is 23.7 Å². The summed E-state index contributed by atoms with van der Waals surface area (Å²) in [6.07, 6.45) is 1.49. The molecule has 5 heteroatoms. The van der Waals surface area contributed by atoms with Crippen LogP contribution in [0.4, 0.5) is 0 Å². The summed E-state index contributed by atoms with van der Waals surface area (Å²) in [6, 6.07) is 0. The number of Topliss-reactive ketones (excluding diaryl/α,β-unsaturated/α-hetero) is 3. The summed E-state index contributed by atoms with van der Waals surface area (Å²) in [7, 11) is 0. The number of hydrogen-bond acceptors (Lipinski definition) is 5. The summed E-state index contributed by atoms with van der Waals surface area (Å²) in [4.78, 5) is 37.9. The van der Waals surface area contributed by atoms with Gasteiger partial charge in [-0.25, -0.2) is 0 Å². The van der Waals surface area contributed by atoms with Gasteiger partial charge >= 0.3 is 0 Å². The molecule has 25 heavy (non-hydrogen) atoms. The molecule has 0 spiro atoms. The van der Waals surface area contributed by atoms with Gasteiger partial charge in [-0.15, -0.1) is 0 Å². The third-order valence-corrected chi connectivity index (χ3v) is 4.84. The van der Waals surface area contributed by atoms with Gasteiger partial charge in [0.2, 0.25) is 0 Å². The fraction of sp³-hybridized carbons (Fsp3) is 0.750. The minimum Gasteiger partial charge on any atom is -0.508 e. The van der Waals surface area contributed by atoms with E-state index < -0.39 is 40.5 Å². The summed E-state index contributed by atoms with van der Waals surface area (Å²) in [5.74, 6) is -3.49. The van der Waals surface area contributed by atoms with Crippen LogP contribution in [0.3, 0.4) is 0 Å². The third-order valence-electron chi connectivity index (χ3n) is 4.84. The molecule has 1 aliphatic carbocycles. The zero-order valence-corrected chi connectivity index (χ0v) is 16.3. The standard InChI is InChI=1S/C20H32O5/c1-11(2)7-9-14-18(23)16(17(22)13(5)6)19(24)20(14,25)15(21)10-8-12(3)4/h11-14,24-25H,7-10H2,1-6H3. The highest BCUT2D eigenvalue weighted by atomic mass is 16.3. The summed E-state index contributed by atoms with van der Waals surface area (Å²) < 4.78 is 0. The topological polar surface area (TPSA) is 91.7 Å². The average Bonchev–Trinajstić information content (AvgIpc) is 2.69. The monoisotopic (exact) mass is 352 g/mol. The van der Waals surface area contributed by atoms with E-state index >= 15 is 0 Å². The van der Waals surface area contributed by atoms with Crippen molar-refractivity contribution in [3.05, 3.63) is 11.3 Å². The van der Waals surface area contributed by atoms with Crippen molar-refractivity contribution in [2.45, 2.75) is 72.8 Å². The van der Waals surface area contributed by atoms with Gasteiger partial charge in [0.1, 0.15) is 11.3 Å². The van der Waals surface area contributed by atoms with Crippen molar-refractivity contribution in [3.8, 4) is 0 Å². The molecule has 0 saturated carbocycles. The Hall–Kier alpha value is -1.49. The molecule has 2 unspecified atom stereocenters. The fourth-order valence-electron chi connectivity index (χ4n) is 3.14. The molecule has 1 aliphatic rings. The number of hydrogen-bond donors (Lipinski definition) is 2. The number of carbonyl (C=O) groups excluding carboxylic acids is 3. The number of allylic oxidation sites excluding steroid dienone is 1. The van der Waals surface area contributed by atoms with E-state index in [0.717, 1.165) is 0 Å². The smallest absolute Gasteiger partial charge is 0.190 e. The zero-order chi connectivity index (χ0) is 19.5. The Morgan fingerprint density at radius 3 is 2.00 bits per heavy atom. The first-order valence-electron chi connectivity index (χ1n) is 9.22. The fourth-order valence-corrected chi connectivity index (χ4v) is 3.14. The van der Waals surface area contributed by atoms with Crippen LogP contribution in [0.2, 0.25) is 0 Å². The Morgan fingerprint density at radius 1 is 1.04 bits per heavy atom. The van der Waals surface area contributed by atoms with Crippen molar-refractivity contribution < 1.29 is 24.6 Å². The van der Waals surface area contributed by atoms with Crippen LogP contribution in [0.1, 0.15) is 67.2 Å². The molecule has 0 aromatic rings. The van der Waals surface area contributed by atoms with Crippen LogP contribution in [0.15, 0.2) is 11.3 Å². The lowest BCUT2D eigenvalue weighted by molar-refractivity contribution is -0.145. The molecule has 142 valence electrons. The van der Waals surface area contributed by atoms with Gasteiger partial charge in [0.05, 0.1) is 5.92 Å². The molecule has 0 aromatic heterocycles. The Bertz CT molecular complexity index is 571. The highest BCUT2D eigenvalue weighted by Crippen LogP contribution is 2.42. The SMILES string of the molecule is CC(C)CCC(=O)C1(O)C(O)=C(C(=O)C(C)C)C(=O)C1CCC(C)C. The first-order valence-corrected chi connectivity index (χ1v) is 9.22. The van der Waals surface area contributed by atoms with E-state index in [1.807, 2.05) is 27.7 Å². The lowest BCUT2D eigenvalue weighted by Crippen LogP contribution is -2.47. The van der Waals surface area contributed by atoms with Crippen LogP contribution in [0.5, 0.6) is 0 Å². The first-order chi connectivity index (χ1) is 11.4. The molecule has 0 aromatic carbocycles. The molecule has 0 fully saturated rings. The zero-order valence-electron chi connectivity index (χ0n) is 16.3. The van der Waals surface area contributed by atoms with E-state index in [1.165, 1.54) is 0 Å². The lowest BCUT2D eigenvalue weighted by atomic mass is 9.79. The highest BCUT2D eigenvalue weighted by Gasteiger charge is 2.58. The van der Waals surface area contributed by atoms with Crippen LogP contribution in [0.25, 0.3) is 0 Å². The minimum atomic E-state index is -2.26.